The minimum absolute atomic E-state index is 0.616. The predicted molar refractivity (Wildman–Crippen MR) is 69.0 cm³/mol. The van der Waals surface area contributed by atoms with Crippen LogP contribution in [0.3, 0.4) is 0 Å². The topological polar surface area (TPSA) is 60.2 Å². The van der Waals surface area contributed by atoms with Gasteiger partial charge in [0.15, 0.2) is 0 Å². The monoisotopic (exact) mass is 229 g/mol. The number of hydrogen-bond acceptors (Lipinski definition) is 4. The molecule has 0 aliphatic carbocycles. The number of hydrogen-bond donors (Lipinski definition) is 2. The zero-order valence-corrected chi connectivity index (χ0v) is 9.68. The van der Waals surface area contributed by atoms with Crippen LogP contribution in [-0.2, 0) is 6.54 Å². The molecule has 0 aliphatic heterocycles. The van der Waals surface area contributed by atoms with Crippen molar-refractivity contribution in [3.8, 4) is 5.88 Å². The van der Waals surface area contributed by atoms with Crippen molar-refractivity contribution in [3.63, 3.8) is 0 Å². The number of nitrogens with zero attached hydrogens (tertiary/aromatic N) is 1. The Hall–Kier alpha value is -2.23. The average Bonchev–Trinajstić information content (AvgIpc) is 2.38. The SMILES string of the molecule is COc1cc(CNc2ccccc2N)ccn1. The van der Waals surface area contributed by atoms with Gasteiger partial charge in [0.25, 0.3) is 0 Å². The molecule has 2 rings (SSSR count). The third-order valence-corrected chi connectivity index (χ3v) is 2.45. The lowest BCUT2D eigenvalue weighted by Gasteiger charge is -2.09. The Morgan fingerprint density at radius 3 is 2.88 bits per heavy atom. The van der Waals surface area contributed by atoms with E-state index in [1.807, 2.05) is 36.4 Å². The van der Waals surface area contributed by atoms with E-state index in [1.165, 1.54) is 0 Å². The third-order valence-electron chi connectivity index (χ3n) is 2.45. The Kier molecular flexibility index (Phi) is 3.45. The molecule has 0 unspecified atom stereocenters. The van der Waals surface area contributed by atoms with Gasteiger partial charge in [0.05, 0.1) is 18.5 Å². The Morgan fingerprint density at radius 2 is 2.12 bits per heavy atom. The van der Waals surface area contributed by atoms with E-state index in [0.29, 0.717) is 12.4 Å². The standard InChI is InChI=1S/C13H15N3O/c1-17-13-8-10(6-7-15-13)9-16-12-5-3-2-4-11(12)14/h2-8,16H,9,14H2,1H3. The van der Waals surface area contributed by atoms with Crippen molar-refractivity contribution in [1.82, 2.24) is 4.98 Å². The summed E-state index contributed by atoms with van der Waals surface area (Å²) in [5, 5.41) is 3.27. The summed E-state index contributed by atoms with van der Waals surface area (Å²) in [6.07, 6.45) is 1.73. The molecule has 0 saturated heterocycles. The maximum Gasteiger partial charge on any atom is 0.213 e. The molecule has 3 N–H and O–H groups in total. The lowest BCUT2D eigenvalue weighted by Crippen LogP contribution is -2.02. The number of methoxy groups -OCH3 is 1. The number of nitrogen functional groups attached to an aromatic ring is 1. The Labute approximate surface area is 100 Å². The van der Waals surface area contributed by atoms with Gasteiger partial charge in [0.1, 0.15) is 0 Å². The van der Waals surface area contributed by atoms with E-state index < -0.39 is 0 Å². The molecule has 0 atom stereocenters. The number of para-hydroxylation sites is 2. The van der Waals surface area contributed by atoms with Crippen LogP contribution in [0.15, 0.2) is 42.6 Å². The van der Waals surface area contributed by atoms with E-state index in [4.69, 9.17) is 10.5 Å². The highest BCUT2D eigenvalue weighted by Crippen LogP contribution is 2.18. The molecule has 0 bridgehead atoms. The van der Waals surface area contributed by atoms with Crippen LogP contribution in [0.5, 0.6) is 5.88 Å². The predicted octanol–water partition coefficient (Wildman–Crippen LogP) is 2.28. The van der Waals surface area contributed by atoms with Gasteiger partial charge in [-0.1, -0.05) is 12.1 Å². The minimum Gasteiger partial charge on any atom is -0.481 e. The van der Waals surface area contributed by atoms with Crippen LogP contribution in [0.2, 0.25) is 0 Å². The van der Waals surface area contributed by atoms with E-state index in [9.17, 15) is 0 Å². The second-order valence-electron chi connectivity index (χ2n) is 3.65. The highest BCUT2D eigenvalue weighted by Gasteiger charge is 1.99. The first kappa shape index (κ1) is 11.3. The van der Waals surface area contributed by atoms with Crippen molar-refractivity contribution in [2.45, 2.75) is 6.54 Å². The van der Waals surface area contributed by atoms with Crippen LogP contribution in [0.25, 0.3) is 0 Å². The summed E-state index contributed by atoms with van der Waals surface area (Å²) in [4.78, 5) is 4.06. The van der Waals surface area contributed by atoms with Gasteiger partial charge in [0, 0.05) is 18.8 Å². The van der Waals surface area contributed by atoms with Crippen LogP contribution in [0.1, 0.15) is 5.56 Å². The molecule has 0 saturated carbocycles. The van der Waals surface area contributed by atoms with Crippen molar-refractivity contribution >= 4 is 11.4 Å². The zero-order valence-electron chi connectivity index (χ0n) is 9.68. The molecule has 0 aliphatic rings. The fraction of sp³-hybridized carbons (Fsp3) is 0.154. The van der Waals surface area contributed by atoms with E-state index in [2.05, 4.69) is 10.3 Å². The summed E-state index contributed by atoms with van der Waals surface area (Å²) in [5.41, 5.74) is 8.62. The van der Waals surface area contributed by atoms with Gasteiger partial charge in [-0.15, -0.1) is 0 Å². The molecule has 4 heteroatoms. The van der Waals surface area contributed by atoms with E-state index in [0.717, 1.165) is 16.9 Å². The lowest BCUT2D eigenvalue weighted by molar-refractivity contribution is 0.397. The molecule has 88 valence electrons. The summed E-state index contributed by atoms with van der Waals surface area (Å²) in [6.45, 7) is 0.688. The van der Waals surface area contributed by atoms with Crippen molar-refractivity contribution in [2.24, 2.45) is 0 Å². The van der Waals surface area contributed by atoms with Gasteiger partial charge in [0.2, 0.25) is 5.88 Å². The summed E-state index contributed by atoms with van der Waals surface area (Å²) >= 11 is 0. The summed E-state index contributed by atoms with van der Waals surface area (Å²) in [5.74, 6) is 0.616. The van der Waals surface area contributed by atoms with Gasteiger partial charge in [-0.2, -0.15) is 0 Å². The fourth-order valence-corrected chi connectivity index (χ4v) is 1.53. The summed E-state index contributed by atoms with van der Waals surface area (Å²) < 4.78 is 5.07. The van der Waals surface area contributed by atoms with Crippen molar-refractivity contribution in [3.05, 3.63) is 48.2 Å². The molecule has 4 nitrogen and oxygen atoms in total. The van der Waals surface area contributed by atoms with Crippen LogP contribution < -0.4 is 15.8 Å². The van der Waals surface area contributed by atoms with Crippen LogP contribution in [0, 0.1) is 0 Å². The molecule has 0 spiro atoms. The van der Waals surface area contributed by atoms with Crippen LogP contribution in [0.4, 0.5) is 11.4 Å². The third kappa shape index (κ3) is 2.87. The molecule has 1 aromatic heterocycles. The van der Waals surface area contributed by atoms with Gasteiger partial charge >= 0.3 is 0 Å². The minimum atomic E-state index is 0.616. The van der Waals surface area contributed by atoms with Crippen LogP contribution >= 0.6 is 0 Å². The molecular weight excluding hydrogens is 214 g/mol. The molecular formula is C13H15N3O. The molecule has 1 aromatic carbocycles. The Bertz CT molecular complexity index is 500. The van der Waals surface area contributed by atoms with E-state index >= 15 is 0 Å². The second kappa shape index (κ2) is 5.21. The summed E-state index contributed by atoms with van der Waals surface area (Å²) in [6, 6.07) is 11.5. The van der Waals surface area contributed by atoms with Crippen molar-refractivity contribution < 1.29 is 4.74 Å². The molecule has 2 aromatic rings. The van der Waals surface area contributed by atoms with Crippen molar-refractivity contribution in [1.29, 1.82) is 0 Å². The number of ether oxygens (including phenoxy) is 1. The van der Waals surface area contributed by atoms with Gasteiger partial charge in [-0.3, -0.25) is 0 Å². The lowest BCUT2D eigenvalue weighted by atomic mass is 10.2. The van der Waals surface area contributed by atoms with Crippen LogP contribution in [-0.4, -0.2) is 12.1 Å². The van der Waals surface area contributed by atoms with Crippen molar-refractivity contribution in [2.75, 3.05) is 18.2 Å². The van der Waals surface area contributed by atoms with Gasteiger partial charge in [-0.25, -0.2) is 4.98 Å². The number of benzene rings is 1. The quantitative estimate of drug-likeness (QED) is 0.790. The first-order valence-electron chi connectivity index (χ1n) is 5.37. The van der Waals surface area contributed by atoms with E-state index in [1.54, 1.807) is 13.3 Å². The Balaban J connectivity index is 2.05. The molecule has 17 heavy (non-hydrogen) atoms. The first-order valence-corrected chi connectivity index (χ1v) is 5.37. The summed E-state index contributed by atoms with van der Waals surface area (Å²) in [7, 11) is 1.61. The molecule has 1 heterocycles. The second-order valence-corrected chi connectivity index (χ2v) is 3.65. The van der Waals surface area contributed by atoms with Gasteiger partial charge < -0.3 is 15.8 Å². The normalized spacial score (nSPS) is 9.94. The number of pyridine rings is 1. The highest BCUT2D eigenvalue weighted by molar-refractivity contribution is 5.65. The van der Waals surface area contributed by atoms with Gasteiger partial charge in [-0.05, 0) is 23.8 Å². The number of aromatic nitrogens is 1. The van der Waals surface area contributed by atoms with E-state index in [-0.39, 0.29) is 0 Å². The first-order chi connectivity index (χ1) is 8.29. The maximum atomic E-state index is 5.84. The molecule has 0 radical (unpaired) electrons. The molecule has 0 fully saturated rings. The average molecular weight is 229 g/mol. The number of nitrogens with two attached hydrogens (primary N) is 1. The maximum absolute atomic E-state index is 5.84. The zero-order chi connectivity index (χ0) is 12.1. The Morgan fingerprint density at radius 1 is 1.29 bits per heavy atom. The highest BCUT2D eigenvalue weighted by atomic mass is 16.5. The fourth-order valence-electron chi connectivity index (χ4n) is 1.53. The number of nitrogens with one attached hydrogen (secondary N) is 1. The number of anilines is 2. The number of rotatable bonds is 4. The largest absolute Gasteiger partial charge is 0.481 e. The molecule has 0 amide bonds. The smallest absolute Gasteiger partial charge is 0.213 e.